The quantitative estimate of drug-likeness (QED) is 0.788. The molecule has 0 amide bonds. The first-order valence-electron chi connectivity index (χ1n) is 6.10. The van der Waals surface area contributed by atoms with Crippen molar-refractivity contribution < 1.29 is 17.9 Å². The fourth-order valence-corrected chi connectivity index (χ4v) is 3.37. The van der Waals surface area contributed by atoms with E-state index in [1.807, 2.05) is 0 Å². The van der Waals surface area contributed by atoms with Gasteiger partial charge in [-0.15, -0.1) is 0 Å². The van der Waals surface area contributed by atoms with Crippen LogP contribution >= 0.6 is 34.8 Å². The predicted octanol–water partition coefficient (Wildman–Crippen LogP) is 4.23. The number of methoxy groups -OCH3 is 1. The van der Waals surface area contributed by atoms with Gasteiger partial charge in [0.15, 0.2) is 0 Å². The van der Waals surface area contributed by atoms with Crippen LogP contribution in [0.25, 0.3) is 0 Å². The Morgan fingerprint density at radius 2 is 1.74 bits per heavy atom. The van der Waals surface area contributed by atoms with E-state index in [9.17, 15) is 13.2 Å². The molecule has 0 radical (unpaired) electrons. The number of nitrogens with one attached hydrogen (secondary N) is 1. The van der Waals surface area contributed by atoms with Gasteiger partial charge in [-0.3, -0.25) is 4.72 Å². The van der Waals surface area contributed by atoms with Crippen molar-refractivity contribution in [3.63, 3.8) is 0 Å². The van der Waals surface area contributed by atoms with Crippen LogP contribution in [0, 0.1) is 0 Å². The van der Waals surface area contributed by atoms with E-state index < -0.39 is 16.0 Å². The number of hydrogen-bond donors (Lipinski definition) is 1. The molecule has 0 fully saturated rings. The van der Waals surface area contributed by atoms with Crippen molar-refractivity contribution in [2.24, 2.45) is 0 Å². The minimum absolute atomic E-state index is 0.0105. The maximum Gasteiger partial charge on any atom is 0.340 e. The number of halogens is 3. The maximum atomic E-state index is 12.4. The summed E-state index contributed by atoms with van der Waals surface area (Å²) in [5.74, 6) is -0.723. The van der Waals surface area contributed by atoms with Gasteiger partial charge >= 0.3 is 5.97 Å². The zero-order valence-electron chi connectivity index (χ0n) is 11.6. The largest absolute Gasteiger partial charge is 0.465 e. The van der Waals surface area contributed by atoms with Crippen molar-refractivity contribution in [1.82, 2.24) is 0 Å². The van der Waals surface area contributed by atoms with Crippen molar-refractivity contribution >= 4 is 56.5 Å². The van der Waals surface area contributed by atoms with Crippen LogP contribution in [0.3, 0.4) is 0 Å². The van der Waals surface area contributed by atoms with Gasteiger partial charge in [0.1, 0.15) is 0 Å². The first-order chi connectivity index (χ1) is 10.7. The van der Waals surface area contributed by atoms with Crippen LogP contribution < -0.4 is 4.72 Å². The van der Waals surface area contributed by atoms with E-state index >= 15 is 0 Å². The monoisotopic (exact) mass is 393 g/mol. The summed E-state index contributed by atoms with van der Waals surface area (Å²) in [4.78, 5) is 11.7. The predicted molar refractivity (Wildman–Crippen MR) is 90.1 cm³/mol. The fourth-order valence-electron chi connectivity index (χ4n) is 1.73. The molecular formula is C14H10Cl3NO4S. The Balaban J connectivity index is 2.45. The molecule has 2 aromatic rings. The summed E-state index contributed by atoms with van der Waals surface area (Å²) >= 11 is 17.4. The molecule has 0 saturated carbocycles. The van der Waals surface area contributed by atoms with Gasteiger partial charge in [-0.1, -0.05) is 34.8 Å². The molecule has 1 N–H and O–H groups in total. The van der Waals surface area contributed by atoms with Crippen LogP contribution in [0.1, 0.15) is 10.4 Å². The summed E-state index contributed by atoms with van der Waals surface area (Å²) in [6.07, 6.45) is 0. The zero-order valence-corrected chi connectivity index (χ0v) is 14.7. The first kappa shape index (κ1) is 17.9. The van der Waals surface area contributed by atoms with Crippen molar-refractivity contribution in [3.05, 3.63) is 57.0 Å². The number of hydrogen-bond acceptors (Lipinski definition) is 4. The first-order valence-corrected chi connectivity index (χ1v) is 8.72. The highest BCUT2D eigenvalue weighted by Crippen LogP contribution is 2.28. The molecular weight excluding hydrogens is 385 g/mol. The number of anilines is 1. The molecule has 5 nitrogen and oxygen atoms in total. The molecule has 9 heteroatoms. The lowest BCUT2D eigenvalue weighted by molar-refractivity contribution is 0.0602. The van der Waals surface area contributed by atoms with Crippen LogP contribution in [-0.2, 0) is 14.8 Å². The van der Waals surface area contributed by atoms with Crippen LogP contribution in [0.5, 0.6) is 0 Å². The second kappa shape index (κ2) is 6.97. The van der Waals surface area contributed by atoms with E-state index in [0.717, 1.165) is 0 Å². The van der Waals surface area contributed by atoms with Gasteiger partial charge in [0.2, 0.25) is 0 Å². The Hall–Kier alpha value is -1.47. The molecule has 0 bridgehead atoms. The Morgan fingerprint density at radius 1 is 1.04 bits per heavy atom. The topological polar surface area (TPSA) is 72.5 Å². The average Bonchev–Trinajstić information content (AvgIpc) is 2.50. The van der Waals surface area contributed by atoms with Crippen molar-refractivity contribution in [1.29, 1.82) is 0 Å². The highest BCUT2D eigenvalue weighted by molar-refractivity contribution is 7.92. The molecule has 0 aliphatic heterocycles. The van der Waals surface area contributed by atoms with Crippen LogP contribution in [0.15, 0.2) is 41.3 Å². The van der Waals surface area contributed by atoms with E-state index in [-0.39, 0.29) is 31.2 Å². The van der Waals surface area contributed by atoms with E-state index in [4.69, 9.17) is 34.8 Å². The second-order valence-electron chi connectivity index (χ2n) is 4.36. The van der Waals surface area contributed by atoms with Gasteiger partial charge in [0.25, 0.3) is 10.0 Å². The minimum atomic E-state index is -3.97. The molecule has 0 heterocycles. The molecule has 122 valence electrons. The smallest absolute Gasteiger partial charge is 0.340 e. The summed E-state index contributed by atoms with van der Waals surface area (Å²) in [5.41, 5.74) is 0.0240. The lowest BCUT2D eigenvalue weighted by atomic mass is 10.2. The summed E-state index contributed by atoms with van der Waals surface area (Å²) < 4.78 is 31.7. The molecule has 2 rings (SSSR count). The molecule has 0 unspecified atom stereocenters. The van der Waals surface area contributed by atoms with E-state index in [1.165, 1.54) is 43.5 Å². The molecule has 0 spiro atoms. The van der Waals surface area contributed by atoms with E-state index in [1.54, 1.807) is 0 Å². The molecule has 0 aliphatic carbocycles. The lowest BCUT2D eigenvalue weighted by Crippen LogP contribution is -2.16. The van der Waals surface area contributed by atoms with Gasteiger partial charge in [0.05, 0.1) is 33.3 Å². The normalized spacial score (nSPS) is 11.1. The van der Waals surface area contributed by atoms with Crippen molar-refractivity contribution in [3.8, 4) is 0 Å². The standard InChI is InChI=1S/C14H10Cl3NO4S/c1-22-14(19)10-6-8(15)2-5-13(10)18-23(20,21)9-3-4-11(16)12(17)7-9/h2-7,18H,1H3. The average molecular weight is 395 g/mol. The third kappa shape index (κ3) is 4.09. The van der Waals surface area contributed by atoms with E-state index in [0.29, 0.717) is 0 Å². The summed E-state index contributed by atoms with van der Waals surface area (Å²) in [5, 5.41) is 0.592. The van der Waals surface area contributed by atoms with Crippen LogP contribution in [0.2, 0.25) is 15.1 Å². The molecule has 0 atom stereocenters. The van der Waals surface area contributed by atoms with Gasteiger partial charge in [-0.2, -0.15) is 0 Å². The van der Waals surface area contributed by atoms with Gasteiger partial charge in [0, 0.05) is 5.02 Å². The Bertz CT molecular complexity index is 868. The molecule has 0 saturated heterocycles. The number of carbonyl (C=O) groups is 1. The third-order valence-electron chi connectivity index (χ3n) is 2.83. The highest BCUT2D eigenvalue weighted by atomic mass is 35.5. The number of carbonyl (C=O) groups excluding carboxylic acids is 1. The van der Waals surface area contributed by atoms with Gasteiger partial charge in [-0.05, 0) is 36.4 Å². The summed E-state index contributed by atoms with van der Waals surface area (Å²) in [7, 11) is -2.79. The molecule has 23 heavy (non-hydrogen) atoms. The SMILES string of the molecule is COC(=O)c1cc(Cl)ccc1NS(=O)(=O)c1ccc(Cl)c(Cl)c1. The van der Waals surface area contributed by atoms with Crippen molar-refractivity contribution in [2.75, 3.05) is 11.8 Å². The summed E-state index contributed by atoms with van der Waals surface area (Å²) in [6, 6.07) is 7.98. The number of esters is 1. The molecule has 0 aromatic heterocycles. The Kier molecular flexibility index (Phi) is 5.41. The Morgan fingerprint density at radius 3 is 2.35 bits per heavy atom. The fraction of sp³-hybridized carbons (Fsp3) is 0.0714. The van der Waals surface area contributed by atoms with Gasteiger partial charge in [-0.25, -0.2) is 13.2 Å². The number of rotatable bonds is 4. The lowest BCUT2D eigenvalue weighted by Gasteiger charge is -2.12. The summed E-state index contributed by atoms with van der Waals surface area (Å²) in [6.45, 7) is 0. The number of benzene rings is 2. The minimum Gasteiger partial charge on any atom is -0.465 e. The van der Waals surface area contributed by atoms with Crippen LogP contribution in [-0.4, -0.2) is 21.5 Å². The maximum absolute atomic E-state index is 12.4. The number of sulfonamides is 1. The molecule has 2 aromatic carbocycles. The van der Waals surface area contributed by atoms with Gasteiger partial charge < -0.3 is 4.74 Å². The van der Waals surface area contributed by atoms with Crippen molar-refractivity contribution in [2.45, 2.75) is 4.90 Å². The van der Waals surface area contributed by atoms with Crippen LogP contribution in [0.4, 0.5) is 5.69 Å². The highest BCUT2D eigenvalue weighted by Gasteiger charge is 2.20. The third-order valence-corrected chi connectivity index (χ3v) is 5.17. The zero-order chi connectivity index (χ0) is 17.2. The molecule has 0 aliphatic rings. The Labute approximate surface area is 148 Å². The number of ether oxygens (including phenoxy) is 1. The van der Waals surface area contributed by atoms with E-state index in [2.05, 4.69) is 9.46 Å². The second-order valence-corrected chi connectivity index (χ2v) is 7.30.